The number of halogens is 1. The van der Waals surface area contributed by atoms with Crippen molar-refractivity contribution in [3.05, 3.63) is 65.5 Å². The Morgan fingerprint density at radius 3 is 2.38 bits per heavy atom. The van der Waals surface area contributed by atoms with Crippen molar-refractivity contribution in [1.29, 1.82) is 0 Å². The van der Waals surface area contributed by atoms with Crippen molar-refractivity contribution >= 4 is 11.7 Å². The third-order valence-corrected chi connectivity index (χ3v) is 4.62. The van der Waals surface area contributed by atoms with E-state index in [9.17, 15) is 14.0 Å². The van der Waals surface area contributed by atoms with E-state index in [1.54, 1.807) is 29.2 Å². The number of likely N-dealkylation sites (tertiary alicyclic amines) is 1. The van der Waals surface area contributed by atoms with Gasteiger partial charge in [-0.25, -0.2) is 4.39 Å². The van der Waals surface area contributed by atoms with Crippen LogP contribution in [0.3, 0.4) is 0 Å². The van der Waals surface area contributed by atoms with E-state index < -0.39 is 0 Å². The van der Waals surface area contributed by atoms with Crippen LogP contribution in [0.15, 0.2) is 48.5 Å². The molecule has 136 valence electrons. The van der Waals surface area contributed by atoms with Gasteiger partial charge in [0.15, 0.2) is 5.78 Å². The molecule has 1 amide bonds. The SMILES string of the molecule is CCOc1ccc(C(=O)N2CCCC(C(=O)c3ccc(F)cc3)C2)cc1. The molecule has 5 heteroatoms. The zero-order valence-corrected chi connectivity index (χ0v) is 14.8. The number of nitrogens with zero attached hydrogens (tertiary/aromatic N) is 1. The van der Waals surface area contributed by atoms with Crippen LogP contribution in [0.25, 0.3) is 0 Å². The predicted molar refractivity (Wildman–Crippen MR) is 97.0 cm³/mol. The van der Waals surface area contributed by atoms with Crippen LogP contribution in [0.4, 0.5) is 4.39 Å². The van der Waals surface area contributed by atoms with E-state index in [0.717, 1.165) is 18.6 Å². The molecule has 1 unspecified atom stereocenters. The maximum Gasteiger partial charge on any atom is 0.253 e. The number of Topliss-reactive ketones (excluding diaryl/α,β-unsaturated/α-hetero) is 1. The molecule has 0 aliphatic carbocycles. The second-order valence-electron chi connectivity index (χ2n) is 6.42. The van der Waals surface area contributed by atoms with Crippen LogP contribution in [0, 0.1) is 11.7 Å². The first-order valence-electron chi connectivity index (χ1n) is 8.90. The zero-order valence-electron chi connectivity index (χ0n) is 14.8. The summed E-state index contributed by atoms with van der Waals surface area (Å²) in [5.74, 6) is 0.00395. The molecule has 1 aliphatic rings. The van der Waals surface area contributed by atoms with Crippen molar-refractivity contribution in [3.63, 3.8) is 0 Å². The van der Waals surface area contributed by atoms with Crippen molar-refractivity contribution in [2.75, 3.05) is 19.7 Å². The summed E-state index contributed by atoms with van der Waals surface area (Å²) in [6.45, 7) is 3.51. The van der Waals surface area contributed by atoms with Crippen molar-refractivity contribution in [2.45, 2.75) is 19.8 Å². The molecule has 26 heavy (non-hydrogen) atoms. The highest BCUT2D eigenvalue weighted by Crippen LogP contribution is 2.23. The van der Waals surface area contributed by atoms with E-state index in [0.29, 0.717) is 30.8 Å². The van der Waals surface area contributed by atoms with Gasteiger partial charge in [-0.2, -0.15) is 0 Å². The third-order valence-electron chi connectivity index (χ3n) is 4.62. The molecule has 0 bridgehead atoms. The lowest BCUT2D eigenvalue weighted by Gasteiger charge is -2.32. The van der Waals surface area contributed by atoms with Crippen LogP contribution in [0.2, 0.25) is 0 Å². The first-order chi connectivity index (χ1) is 12.6. The number of hydrogen-bond donors (Lipinski definition) is 0. The Morgan fingerprint density at radius 1 is 1.08 bits per heavy atom. The second kappa shape index (κ2) is 8.13. The van der Waals surface area contributed by atoms with Gasteiger partial charge in [-0.3, -0.25) is 9.59 Å². The monoisotopic (exact) mass is 355 g/mol. The van der Waals surface area contributed by atoms with Gasteiger partial charge in [0.2, 0.25) is 0 Å². The Hall–Kier alpha value is -2.69. The summed E-state index contributed by atoms with van der Waals surface area (Å²) in [7, 11) is 0. The van der Waals surface area contributed by atoms with E-state index in [-0.39, 0.29) is 23.4 Å². The molecular weight excluding hydrogens is 333 g/mol. The third kappa shape index (κ3) is 4.10. The highest BCUT2D eigenvalue weighted by atomic mass is 19.1. The minimum atomic E-state index is -0.363. The van der Waals surface area contributed by atoms with Gasteiger partial charge in [0.1, 0.15) is 11.6 Å². The predicted octanol–water partition coefficient (Wildman–Crippen LogP) is 3.96. The minimum absolute atomic E-state index is 0.0332. The Balaban J connectivity index is 1.68. The molecule has 0 spiro atoms. The van der Waals surface area contributed by atoms with Gasteiger partial charge in [-0.05, 0) is 68.3 Å². The van der Waals surface area contributed by atoms with Crippen molar-refractivity contribution in [2.24, 2.45) is 5.92 Å². The van der Waals surface area contributed by atoms with Gasteiger partial charge in [0.25, 0.3) is 5.91 Å². The fourth-order valence-corrected chi connectivity index (χ4v) is 3.27. The van der Waals surface area contributed by atoms with Gasteiger partial charge in [0.05, 0.1) is 6.61 Å². The quantitative estimate of drug-likeness (QED) is 0.763. The van der Waals surface area contributed by atoms with Crippen molar-refractivity contribution in [3.8, 4) is 5.75 Å². The molecule has 3 rings (SSSR count). The molecule has 2 aromatic rings. The standard InChI is InChI=1S/C21H22FNO3/c1-2-26-19-11-7-16(8-12-19)21(25)23-13-3-4-17(14-23)20(24)15-5-9-18(22)10-6-15/h5-12,17H,2-4,13-14H2,1H3. The number of ether oxygens (including phenoxy) is 1. The molecule has 1 aliphatic heterocycles. The zero-order chi connectivity index (χ0) is 18.5. The van der Waals surface area contributed by atoms with Gasteiger partial charge in [-0.15, -0.1) is 0 Å². The first-order valence-corrected chi connectivity index (χ1v) is 8.90. The van der Waals surface area contributed by atoms with Crippen molar-refractivity contribution in [1.82, 2.24) is 4.90 Å². The fraction of sp³-hybridized carbons (Fsp3) is 0.333. The highest BCUT2D eigenvalue weighted by molar-refractivity contribution is 5.99. The maximum atomic E-state index is 13.1. The number of ketones is 1. The Morgan fingerprint density at radius 2 is 1.73 bits per heavy atom. The van der Waals surface area contributed by atoms with E-state index >= 15 is 0 Å². The summed E-state index contributed by atoms with van der Waals surface area (Å²) in [6.07, 6.45) is 1.52. The Labute approximate surface area is 152 Å². The van der Waals surface area contributed by atoms with Crippen LogP contribution >= 0.6 is 0 Å². The van der Waals surface area contributed by atoms with Gasteiger partial charge in [-0.1, -0.05) is 0 Å². The van der Waals surface area contributed by atoms with Gasteiger partial charge >= 0.3 is 0 Å². The van der Waals surface area contributed by atoms with E-state index in [1.807, 2.05) is 6.92 Å². The van der Waals surface area contributed by atoms with Crippen LogP contribution in [0.5, 0.6) is 5.75 Å². The number of carbonyl (C=O) groups is 2. The molecule has 2 aromatic carbocycles. The molecule has 0 saturated carbocycles. The Bertz CT molecular complexity index is 771. The topological polar surface area (TPSA) is 46.6 Å². The number of carbonyl (C=O) groups excluding carboxylic acids is 2. The summed E-state index contributed by atoms with van der Waals surface area (Å²) < 4.78 is 18.4. The number of amides is 1. The highest BCUT2D eigenvalue weighted by Gasteiger charge is 2.29. The minimum Gasteiger partial charge on any atom is -0.494 e. The normalized spacial score (nSPS) is 17.0. The van der Waals surface area contributed by atoms with E-state index in [4.69, 9.17) is 4.74 Å². The molecule has 1 saturated heterocycles. The lowest BCUT2D eigenvalue weighted by Crippen LogP contribution is -2.42. The summed E-state index contributed by atoms with van der Waals surface area (Å²) in [4.78, 5) is 27.1. The fourth-order valence-electron chi connectivity index (χ4n) is 3.27. The van der Waals surface area contributed by atoms with Crippen LogP contribution in [-0.4, -0.2) is 36.3 Å². The maximum absolute atomic E-state index is 13.1. The number of hydrogen-bond acceptors (Lipinski definition) is 3. The molecule has 0 N–H and O–H groups in total. The number of piperidine rings is 1. The molecule has 1 heterocycles. The lowest BCUT2D eigenvalue weighted by atomic mass is 9.89. The van der Waals surface area contributed by atoms with Crippen LogP contribution < -0.4 is 4.74 Å². The smallest absolute Gasteiger partial charge is 0.253 e. The largest absolute Gasteiger partial charge is 0.494 e. The average Bonchev–Trinajstić information content (AvgIpc) is 2.68. The number of rotatable bonds is 5. The van der Waals surface area contributed by atoms with Gasteiger partial charge < -0.3 is 9.64 Å². The van der Waals surface area contributed by atoms with Crippen LogP contribution in [0.1, 0.15) is 40.5 Å². The molecular formula is C21H22FNO3. The lowest BCUT2D eigenvalue weighted by molar-refractivity contribution is 0.0637. The first kappa shape index (κ1) is 18.1. The average molecular weight is 355 g/mol. The molecule has 0 radical (unpaired) electrons. The van der Waals surface area contributed by atoms with Crippen molar-refractivity contribution < 1.29 is 18.7 Å². The molecule has 4 nitrogen and oxygen atoms in total. The summed E-state index contributed by atoms with van der Waals surface area (Å²) in [6, 6.07) is 12.6. The molecule has 0 aromatic heterocycles. The van der Waals surface area contributed by atoms with Gasteiger partial charge in [0, 0.05) is 30.1 Å². The van der Waals surface area contributed by atoms with E-state index in [1.165, 1.54) is 24.3 Å². The second-order valence-corrected chi connectivity index (χ2v) is 6.42. The van der Waals surface area contributed by atoms with E-state index in [2.05, 4.69) is 0 Å². The molecule has 1 fully saturated rings. The van der Waals surface area contributed by atoms with Crippen LogP contribution in [-0.2, 0) is 0 Å². The summed E-state index contributed by atoms with van der Waals surface area (Å²) in [5.41, 5.74) is 1.08. The molecule has 1 atom stereocenters. The summed E-state index contributed by atoms with van der Waals surface area (Å²) >= 11 is 0. The summed E-state index contributed by atoms with van der Waals surface area (Å²) in [5, 5.41) is 0. The number of benzene rings is 2. The Kier molecular flexibility index (Phi) is 5.66.